The molecule has 0 aliphatic carbocycles. The Labute approximate surface area is 191 Å². The van der Waals surface area contributed by atoms with Gasteiger partial charge in [0.1, 0.15) is 5.70 Å². The van der Waals surface area contributed by atoms with E-state index in [2.05, 4.69) is 38.2 Å². The number of rotatable bonds is 8. The van der Waals surface area contributed by atoms with Crippen molar-refractivity contribution in [2.45, 2.75) is 59.5 Å². The molecule has 1 aliphatic rings. The second kappa shape index (κ2) is 9.70. The fourth-order valence-corrected chi connectivity index (χ4v) is 3.62. The topological polar surface area (TPSA) is 58.6 Å². The lowest BCUT2D eigenvalue weighted by molar-refractivity contribution is -0.137. The van der Waals surface area contributed by atoms with E-state index in [-0.39, 0.29) is 23.3 Å². The Morgan fingerprint density at radius 2 is 1.56 bits per heavy atom. The molecule has 1 heterocycles. The number of imide groups is 1. The number of ether oxygens (including phenoxy) is 1. The molecule has 0 saturated carbocycles. The van der Waals surface area contributed by atoms with E-state index in [0.717, 1.165) is 16.8 Å². The highest BCUT2D eigenvalue weighted by Crippen LogP contribution is 2.31. The predicted octanol–water partition coefficient (Wildman–Crippen LogP) is 5.30. The van der Waals surface area contributed by atoms with E-state index in [4.69, 9.17) is 4.74 Å². The van der Waals surface area contributed by atoms with Crippen molar-refractivity contribution < 1.29 is 14.3 Å². The Kier molecular flexibility index (Phi) is 7.19. The summed E-state index contributed by atoms with van der Waals surface area (Å²) in [5.41, 5.74) is 4.61. The number of anilines is 1. The zero-order valence-electron chi connectivity index (χ0n) is 20.0. The standard InChI is InChI=1S/C27H34N2O3/c1-18(2)32-17-7-16-29-25(30)23(20-10-8-19(3)9-11-20)24(26(29)31)28-22-14-12-21(13-15-22)27(4,5)6/h8-15,18,28H,7,16-17H2,1-6H3. The van der Waals surface area contributed by atoms with Crippen LogP contribution in [0.15, 0.2) is 54.2 Å². The van der Waals surface area contributed by atoms with E-state index in [1.54, 1.807) is 0 Å². The highest BCUT2D eigenvalue weighted by molar-refractivity contribution is 6.36. The lowest BCUT2D eigenvalue weighted by Gasteiger charge is -2.19. The van der Waals surface area contributed by atoms with Gasteiger partial charge in [-0.2, -0.15) is 0 Å². The van der Waals surface area contributed by atoms with Crippen LogP contribution in [0.2, 0.25) is 0 Å². The number of hydrogen-bond donors (Lipinski definition) is 1. The average molecular weight is 435 g/mol. The molecule has 2 aromatic rings. The number of hydrogen-bond acceptors (Lipinski definition) is 4. The molecule has 0 spiro atoms. The van der Waals surface area contributed by atoms with E-state index in [9.17, 15) is 9.59 Å². The molecule has 0 fully saturated rings. The fraction of sp³-hybridized carbons (Fsp3) is 0.407. The summed E-state index contributed by atoms with van der Waals surface area (Å²) < 4.78 is 5.58. The van der Waals surface area contributed by atoms with Crippen LogP contribution >= 0.6 is 0 Å². The van der Waals surface area contributed by atoms with Crippen molar-refractivity contribution in [3.8, 4) is 0 Å². The van der Waals surface area contributed by atoms with Crippen molar-refractivity contribution in [2.24, 2.45) is 0 Å². The summed E-state index contributed by atoms with van der Waals surface area (Å²) in [6.07, 6.45) is 0.722. The number of aryl methyl sites for hydroxylation is 1. The van der Waals surface area contributed by atoms with Crippen molar-refractivity contribution in [1.82, 2.24) is 4.90 Å². The summed E-state index contributed by atoms with van der Waals surface area (Å²) in [6.45, 7) is 13.2. The van der Waals surface area contributed by atoms with Gasteiger partial charge in [0.15, 0.2) is 0 Å². The van der Waals surface area contributed by atoms with Gasteiger partial charge in [0.25, 0.3) is 11.8 Å². The maximum Gasteiger partial charge on any atom is 0.278 e. The second-order valence-electron chi connectivity index (χ2n) is 9.60. The van der Waals surface area contributed by atoms with Crippen molar-refractivity contribution >= 4 is 23.1 Å². The van der Waals surface area contributed by atoms with Crippen molar-refractivity contribution in [2.75, 3.05) is 18.5 Å². The molecule has 0 aromatic heterocycles. The second-order valence-corrected chi connectivity index (χ2v) is 9.60. The predicted molar refractivity (Wildman–Crippen MR) is 129 cm³/mol. The van der Waals surface area contributed by atoms with Crippen LogP contribution in [-0.4, -0.2) is 36.0 Å². The van der Waals surface area contributed by atoms with Crippen LogP contribution in [0.4, 0.5) is 5.69 Å². The molecule has 1 N–H and O–H groups in total. The van der Waals surface area contributed by atoms with Crippen LogP contribution in [0.25, 0.3) is 5.57 Å². The van der Waals surface area contributed by atoms with Gasteiger partial charge in [0.05, 0.1) is 11.7 Å². The smallest absolute Gasteiger partial charge is 0.278 e. The normalized spacial score (nSPS) is 14.7. The largest absolute Gasteiger partial charge is 0.379 e. The van der Waals surface area contributed by atoms with E-state index < -0.39 is 0 Å². The Morgan fingerprint density at radius 1 is 0.938 bits per heavy atom. The van der Waals surface area contributed by atoms with Crippen molar-refractivity contribution in [1.29, 1.82) is 0 Å². The van der Waals surface area contributed by atoms with Gasteiger partial charge in [-0.25, -0.2) is 0 Å². The molecule has 2 aromatic carbocycles. The fourth-order valence-electron chi connectivity index (χ4n) is 3.62. The number of nitrogens with one attached hydrogen (secondary N) is 1. The molecule has 1 aliphatic heterocycles. The Morgan fingerprint density at radius 3 is 2.12 bits per heavy atom. The van der Waals surface area contributed by atoms with E-state index in [1.165, 1.54) is 10.5 Å². The van der Waals surface area contributed by atoms with Crippen LogP contribution in [0.1, 0.15) is 57.7 Å². The maximum atomic E-state index is 13.3. The highest BCUT2D eigenvalue weighted by atomic mass is 16.5. The number of carbonyl (C=O) groups is 2. The monoisotopic (exact) mass is 434 g/mol. The first-order valence-electron chi connectivity index (χ1n) is 11.2. The van der Waals surface area contributed by atoms with Crippen molar-refractivity contribution in [3.05, 3.63) is 70.9 Å². The maximum absolute atomic E-state index is 13.3. The molecular weight excluding hydrogens is 400 g/mol. The molecule has 0 radical (unpaired) electrons. The van der Waals surface area contributed by atoms with Crippen molar-refractivity contribution in [3.63, 3.8) is 0 Å². The lowest BCUT2D eigenvalue weighted by Crippen LogP contribution is -2.34. The van der Waals surface area contributed by atoms with E-state index >= 15 is 0 Å². The van der Waals surface area contributed by atoms with Gasteiger partial charge >= 0.3 is 0 Å². The summed E-state index contributed by atoms with van der Waals surface area (Å²) in [7, 11) is 0. The molecule has 0 atom stereocenters. The van der Waals surface area contributed by atoms with Crippen LogP contribution in [0.3, 0.4) is 0 Å². The molecule has 2 amide bonds. The SMILES string of the molecule is Cc1ccc(C2=C(Nc3ccc(C(C)(C)C)cc3)C(=O)N(CCCOC(C)C)C2=O)cc1. The van der Waals surface area contributed by atoms with Gasteiger partial charge in [-0.3, -0.25) is 14.5 Å². The van der Waals surface area contributed by atoms with E-state index in [0.29, 0.717) is 30.8 Å². The highest BCUT2D eigenvalue weighted by Gasteiger charge is 2.38. The number of amides is 2. The van der Waals surface area contributed by atoms with Gasteiger partial charge in [-0.15, -0.1) is 0 Å². The first kappa shape index (κ1) is 23.7. The third kappa shape index (κ3) is 5.46. The first-order valence-corrected chi connectivity index (χ1v) is 11.2. The lowest BCUT2D eigenvalue weighted by atomic mass is 9.87. The molecule has 5 nitrogen and oxygen atoms in total. The third-order valence-electron chi connectivity index (χ3n) is 5.51. The van der Waals surface area contributed by atoms with Crippen LogP contribution in [-0.2, 0) is 19.7 Å². The third-order valence-corrected chi connectivity index (χ3v) is 5.51. The van der Waals surface area contributed by atoms with Gasteiger partial charge in [0.2, 0.25) is 0 Å². The minimum absolute atomic E-state index is 0.0405. The molecule has 3 rings (SSSR count). The summed E-state index contributed by atoms with van der Waals surface area (Å²) in [4.78, 5) is 27.9. The molecule has 0 saturated heterocycles. The zero-order chi connectivity index (χ0) is 23.5. The number of nitrogens with zero attached hydrogens (tertiary/aromatic N) is 1. The van der Waals surface area contributed by atoms with Gasteiger partial charge in [-0.1, -0.05) is 62.7 Å². The minimum atomic E-state index is -0.296. The quantitative estimate of drug-likeness (QED) is 0.452. The molecule has 0 bridgehead atoms. The molecule has 0 unspecified atom stereocenters. The number of carbonyl (C=O) groups excluding carboxylic acids is 2. The number of benzene rings is 2. The van der Waals surface area contributed by atoms with Gasteiger partial charge in [-0.05, 0) is 55.9 Å². The van der Waals surface area contributed by atoms with Gasteiger partial charge < -0.3 is 10.1 Å². The molecular formula is C27H34N2O3. The Bertz CT molecular complexity index is 997. The zero-order valence-corrected chi connectivity index (χ0v) is 20.0. The molecule has 5 heteroatoms. The summed E-state index contributed by atoms with van der Waals surface area (Å²) in [5, 5.41) is 3.24. The van der Waals surface area contributed by atoms with E-state index in [1.807, 2.05) is 57.2 Å². The molecule has 170 valence electrons. The minimum Gasteiger partial charge on any atom is -0.379 e. The molecule has 32 heavy (non-hydrogen) atoms. The van der Waals surface area contributed by atoms with Crippen LogP contribution < -0.4 is 5.32 Å². The van der Waals surface area contributed by atoms with Gasteiger partial charge in [0, 0.05) is 18.8 Å². The first-order chi connectivity index (χ1) is 15.1. The summed E-state index contributed by atoms with van der Waals surface area (Å²) in [5.74, 6) is -0.563. The summed E-state index contributed by atoms with van der Waals surface area (Å²) in [6, 6.07) is 15.7. The summed E-state index contributed by atoms with van der Waals surface area (Å²) >= 11 is 0. The average Bonchev–Trinajstić information content (AvgIpc) is 2.95. The Balaban J connectivity index is 1.89. The van der Waals surface area contributed by atoms with Crippen LogP contribution in [0.5, 0.6) is 0 Å². The van der Waals surface area contributed by atoms with Crippen LogP contribution in [0, 0.1) is 6.92 Å². The Hall–Kier alpha value is -2.92.